The van der Waals surface area contributed by atoms with E-state index < -0.39 is 0 Å². The number of pyridine rings is 1. The second-order valence-corrected chi connectivity index (χ2v) is 8.24. The van der Waals surface area contributed by atoms with Gasteiger partial charge in [-0.1, -0.05) is 17.7 Å². The minimum Gasteiger partial charge on any atom is -0.497 e. The Morgan fingerprint density at radius 2 is 2.00 bits per heavy atom. The van der Waals surface area contributed by atoms with E-state index in [1.54, 1.807) is 48.1 Å². The van der Waals surface area contributed by atoms with Crippen LogP contribution in [0, 0.1) is 6.57 Å². The van der Waals surface area contributed by atoms with E-state index in [0.29, 0.717) is 28.9 Å². The van der Waals surface area contributed by atoms with Crippen molar-refractivity contribution >= 4 is 17.3 Å². The van der Waals surface area contributed by atoms with E-state index in [-0.39, 0.29) is 18.2 Å². The lowest BCUT2D eigenvalue weighted by molar-refractivity contribution is 0.291. The Labute approximate surface area is 206 Å². The van der Waals surface area contributed by atoms with Crippen LogP contribution in [-0.2, 0) is 19.6 Å². The topological polar surface area (TPSA) is 79.8 Å². The van der Waals surface area contributed by atoms with E-state index in [4.69, 9.17) is 32.4 Å². The van der Waals surface area contributed by atoms with Gasteiger partial charge in [-0.05, 0) is 53.9 Å². The Morgan fingerprint density at radius 3 is 2.77 bits per heavy atom. The van der Waals surface area contributed by atoms with Gasteiger partial charge in [0.15, 0.2) is 0 Å². The zero-order valence-corrected chi connectivity index (χ0v) is 19.5. The van der Waals surface area contributed by atoms with Crippen molar-refractivity contribution in [2.75, 3.05) is 7.11 Å². The lowest BCUT2D eigenvalue weighted by Crippen LogP contribution is -2.28. The van der Waals surface area contributed by atoms with Crippen molar-refractivity contribution in [2.45, 2.75) is 19.6 Å². The lowest BCUT2D eigenvalue weighted by Gasteiger charge is -2.22. The summed E-state index contributed by atoms with van der Waals surface area (Å²) in [5, 5.41) is 0.494. The van der Waals surface area contributed by atoms with Gasteiger partial charge in [0.2, 0.25) is 17.4 Å². The number of methoxy groups -OCH3 is 1. The number of aromatic nitrogens is 3. The Balaban J connectivity index is 1.36. The van der Waals surface area contributed by atoms with Crippen LogP contribution in [0.4, 0.5) is 5.69 Å². The molecule has 0 radical (unpaired) electrons. The number of rotatable bonds is 6. The molecule has 4 aromatic rings. The number of halogens is 1. The van der Waals surface area contributed by atoms with E-state index >= 15 is 0 Å². The maximum absolute atomic E-state index is 12.6. The number of hydrogen-bond acceptors (Lipinski definition) is 6. The average molecular weight is 487 g/mol. The molecule has 3 heterocycles. The SMILES string of the molecule is [C-]#[N+]c1cc(COc2cc3n(c(=O)n2)CCc2cc(OC)ccc2-3)ccc1Oc1ccc(Cl)cn1. The fraction of sp³-hybridized carbons (Fsp3) is 0.154. The Bertz CT molecular complexity index is 1510. The highest BCUT2D eigenvalue weighted by Gasteiger charge is 2.20. The summed E-state index contributed by atoms with van der Waals surface area (Å²) < 4.78 is 18.5. The molecular formula is C26H19ClN4O4. The molecule has 0 unspecified atom stereocenters. The molecule has 1 aliphatic rings. The molecule has 9 heteroatoms. The van der Waals surface area contributed by atoms with Crippen molar-refractivity contribution in [3.63, 3.8) is 0 Å². The van der Waals surface area contributed by atoms with Gasteiger partial charge < -0.3 is 14.2 Å². The molecule has 0 saturated heterocycles. The number of ether oxygens (including phenoxy) is 3. The first-order valence-corrected chi connectivity index (χ1v) is 11.1. The summed E-state index contributed by atoms with van der Waals surface area (Å²) in [6, 6.07) is 16.0. The van der Waals surface area contributed by atoms with Crippen molar-refractivity contribution in [1.82, 2.24) is 14.5 Å². The molecule has 0 N–H and O–H groups in total. The Kier molecular flexibility index (Phi) is 6.08. The summed E-state index contributed by atoms with van der Waals surface area (Å²) in [5.41, 5.74) is 3.49. The highest BCUT2D eigenvalue weighted by atomic mass is 35.5. The molecule has 35 heavy (non-hydrogen) atoms. The van der Waals surface area contributed by atoms with Crippen molar-refractivity contribution < 1.29 is 14.2 Å². The van der Waals surface area contributed by atoms with Gasteiger partial charge in [0.05, 0.1) is 24.4 Å². The molecule has 0 aliphatic carbocycles. The fourth-order valence-electron chi connectivity index (χ4n) is 3.90. The van der Waals surface area contributed by atoms with Crippen LogP contribution in [0.3, 0.4) is 0 Å². The molecule has 0 bridgehead atoms. The van der Waals surface area contributed by atoms with Crippen LogP contribution in [-0.4, -0.2) is 21.6 Å². The summed E-state index contributed by atoms with van der Waals surface area (Å²) >= 11 is 5.85. The number of benzene rings is 2. The molecule has 1 aliphatic heterocycles. The highest BCUT2D eigenvalue weighted by molar-refractivity contribution is 6.30. The summed E-state index contributed by atoms with van der Waals surface area (Å²) in [6.45, 7) is 8.18. The van der Waals surface area contributed by atoms with Crippen LogP contribution < -0.4 is 19.9 Å². The van der Waals surface area contributed by atoms with Crippen LogP contribution in [0.5, 0.6) is 23.3 Å². The van der Waals surface area contributed by atoms with Crippen molar-refractivity contribution in [3.8, 4) is 34.5 Å². The van der Waals surface area contributed by atoms with E-state index in [2.05, 4.69) is 14.8 Å². The van der Waals surface area contributed by atoms with E-state index in [0.717, 1.165) is 34.6 Å². The maximum atomic E-state index is 12.6. The summed E-state index contributed by atoms with van der Waals surface area (Å²) in [7, 11) is 1.63. The van der Waals surface area contributed by atoms with Gasteiger partial charge in [-0.25, -0.2) is 14.6 Å². The van der Waals surface area contributed by atoms with Gasteiger partial charge in [-0.3, -0.25) is 4.57 Å². The van der Waals surface area contributed by atoms with E-state index in [1.807, 2.05) is 18.2 Å². The zero-order chi connectivity index (χ0) is 24.4. The first-order chi connectivity index (χ1) is 17.0. The largest absolute Gasteiger partial charge is 0.497 e. The summed E-state index contributed by atoms with van der Waals surface area (Å²) in [4.78, 5) is 24.4. The number of aryl methyl sites for hydroxylation is 1. The molecule has 8 nitrogen and oxygen atoms in total. The first kappa shape index (κ1) is 22.4. The Hall–Kier alpha value is -4.35. The molecule has 174 valence electrons. The number of nitrogens with zero attached hydrogens (tertiary/aromatic N) is 4. The minimum atomic E-state index is -0.361. The van der Waals surface area contributed by atoms with E-state index in [1.165, 1.54) is 6.20 Å². The van der Waals surface area contributed by atoms with Crippen molar-refractivity contribution in [1.29, 1.82) is 0 Å². The zero-order valence-electron chi connectivity index (χ0n) is 18.7. The molecule has 5 rings (SSSR count). The smallest absolute Gasteiger partial charge is 0.351 e. The molecule has 0 atom stereocenters. The van der Waals surface area contributed by atoms with Gasteiger partial charge in [0, 0.05) is 30.4 Å². The standard InChI is InChI=1S/C26H19ClN4O4/c1-28-21-11-16(3-7-23(21)35-24-8-4-18(27)14-29-24)15-34-25-13-22-20-6-5-19(33-2)12-17(20)9-10-31(22)26(32)30-25/h3-8,11-14H,9-10,15H2,2H3. The quantitative estimate of drug-likeness (QED) is 0.337. The average Bonchev–Trinajstić information content (AvgIpc) is 2.88. The van der Waals surface area contributed by atoms with Gasteiger partial charge in [-0.15, -0.1) is 0 Å². The van der Waals surface area contributed by atoms with Crippen LogP contribution >= 0.6 is 11.6 Å². The van der Waals surface area contributed by atoms with E-state index in [9.17, 15) is 4.79 Å². The van der Waals surface area contributed by atoms with Crippen LogP contribution in [0.25, 0.3) is 16.1 Å². The minimum absolute atomic E-state index is 0.132. The molecular weight excluding hydrogens is 468 g/mol. The normalized spacial score (nSPS) is 11.7. The third-order valence-corrected chi connectivity index (χ3v) is 5.85. The van der Waals surface area contributed by atoms with Crippen LogP contribution in [0.2, 0.25) is 5.02 Å². The van der Waals surface area contributed by atoms with Crippen molar-refractivity contribution in [2.24, 2.45) is 0 Å². The van der Waals surface area contributed by atoms with Gasteiger partial charge in [0.1, 0.15) is 18.1 Å². The van der Waals surface area contributed by atoms with Gasteiger partial charge in [-0.2, -0.15) is 4.98 Å². The highest BCUT2D eigenvalue weighted by Crippen LogP contribution is 2.34. The molecule has 0 amide bonds. The summed E-state index contributed by atoms with van der Waals surface area (Å²) in [6.07, 6.45) is 2.19. The molecule has 2 aromatic carbocycles. The molecule has 0 saturated carbocycles. The monoisotopic (exact) mass is 486 g/mol. The molecule has 0 fully saturated rings. The first-order valence-electron chi connectivity index (χ1n) is 10.8. The molecule has 0 spiro atoms. The van der Waals surface area contributed by atoms with Crippen LogP contribution in [0.1, 0.15) is 11.1 Å². The predicted octanol–water partition coefficient (Wildman–Crippen LogP) is 5.45. The Morgan fingerprint density at radius 1 is 1.11 bits per heavy atom. The third-order valence-electron chi connectivity index (χ3n) is 5.63. The predicted molar refractivity (Wildman–Crippen MR) is 131 cm³/mol. The summed E-state index contributed by atoms with van der Waals surface area (Å²) in [5.74, 6) is 1.70. The van der Waals surface area contributed by atoms with Crippen molar-refractivity contribution in [3.05, 3.63) is 98.8 Å². The fourth-order valence-corrected chi connectivity index (χ4v) is 4.01. The third kappa shape index (κ3) is 4.67. The molecule has 2 aromatic heterocycles. The second-order valence-electron chi connectivity index (χ2n) is 7.81. The van der Waals surface area contributed by atoms with Gasteiger partial charge >= 0.3 is 5.69 Å². The van der Waals surface area contributed by atoms with Crippen LogP contribution in [0.15, 0.2) is 65.6 Å². The number of fused-ring (bicyclic) bond motifs is 3. The maximum Gasteiger partial charge on any atom is 0.351 e. The second kappa shape index (κ2) is 9.49. The lowest BCUT2D eigenvalue weighted by atomic mass is 9.97. The van der Waals surface area contributed by atoms with Gasteiger partial charge in [0.25, 0.3) is 0 Å². The number of hydrogen-bond donors (Lipinski definition) is 0.